The highest BCUT2D eigenvalue weighted by atomic mass is 16.2. The average molecular weight is 311 g/mol. The maximum atomic E-state index is 12.5. The Morgan fingerprint density at radius 3 is 2.77 bits per heavy atom. The van der Waals surface area contributed by atoms with Crippen LogP contribution >= 0.6 is 0 Å². The van der Waals surface area contributed by atoms with Crippen molar-refractivity contribution in [2.75, 3.05) is 26.2 Å². The minimum absolute atomic E-state index is 0.0426. The Morgan fingerprint density at radius 2 is 2.14 bits per heavy atom. The van der Waals surface area contributed by atoms with E-state index in [-0.39, 0.29) is 17.7 Å². The largest absolute Gasteiger partial charge is 0.355 e. The Morgan fingerprint density at radius 1 is 1.36 bits per heavy atom. The molecule has 0 aliphatic carbocycles. The molecule has 0 aromatic carbocycles. The predicted octanol–water partition coefficient (Wildman–Crippen LogP) is 1.91. The smallest absolute Gasteiger partial charge is 0.224 e. The molecule has 5 heteroatoms. The van der Waals surface area contributed by atoms with Crippen LogP contribution in [0.25, 0.3) is 0 Å². The fourth-order valence-corrected chi connectivity index (χ4v) is 3.08. The zero-order valence-electron chi connectivity index (χ0n) is 14.3. The Hall–Kier alpha value is -1.10. The van der Waals surface area contributed by atoms with Crippen molar-refractivity contribution in [2.45, 2.75) is 58.8 Å². The summed E-state index contributed by atoms with van der Waals surface area (Å²) in [5.74, 6) is 0.680. The van der Waals surface area contributed by atoms with Gasteiger partial charge in [0.15, 0.2) is 0 Å². The molecule has 0 aromatic heterocycles. The number of rotatable bonds is 9. The van der Waals surface area contributed by atoms with Gasteiger partial charge in [-0.25, -0.2) is 0 Å². The predicted molar refractivity (Wildman–Crippen MR) is 89.3 cm³/mol. The summed E-state index contributed by atoms with van der Waals surface area (Å²) >= 11 is 0. The summed E-state index contributed by atoms with van der Waals surface area (Å²) in [4.78, 5) is 26.4. The molecule has 1 fully saturated rings. The minimum Gasteiger partial charge on any atom is -0.355 e. The SMILES string of the molecule is CCCCC(CC)CC(=O)N1CCCC(C(=O)NCCN)C1. The molecule has 3 N–H and O–H groups in total. The maximum Gasteiger partial charge on any atom is 0.224 e. The molecule has 2 amide bonds. The zero-order valence-corrected chi connectivity index (χ0v) is 14.3. The molecule has 22 heavy (non-hydrogen) atoms. The van der Waals surface area contributed by atoms with Crippen LogP contribution in [0.15, 0.2) is 0 Å². The lowest BCUT2D eigenvalue weighted by atomic mass is 9.93. The van der Waals surface area contributed by atoms with Gasteiger partial charge in [0, 0.05) is 32.6 Å². The normalized spacial score (nSPS) is 19.8. The molecule has 2 atom stereocenters. The van der Waals surface area contributed by atoms with E-state index < -0.39 is 0 Å². The quantitative estimate of drug-likeness (QED) is 0.683. The second-order valence-corrected chi connectivity index (χ2v) is 6.38. The number of amides is 2. The second kappa shape index (κ2) is 10.6. The van der Waals surface area contributed by atoms with Crippen LogP contribution in [0.4, 0.5) is 0 Å². The van der Waals surface area contributed by atoms with Gasteiger partial charge in [0.05, 0.1) is 5.92 Å². The third-order valence-corrected chi connectivity index (χ3v) is 4.60. The third kappa shape index (κ3) is 6.34. The molecule has 2 unspecified atom stereocenters. The molecule has 1 aliphatic rings. The Balaban J connectivity index is 2.45. The van der Waals surface area contributed by atoms with Gasteiger partial charge in [-0.1, -0.05) is 33.1 Å². The summed E-state index contributed by atoms with van der Waals surface area (Å²) in [5.41, 5.74) is 5.41. The number of nitrogens with zero attached hydrogens (tertiary/aromatic N) is 1. The first-order valence-corrected chi connectivity index (χ1v) is 8.87. The molecule has 5 nitrogen and oxygen atoms in total. The number of carbonyl (C=O) groups excluding carboxylic acids is 2. The van der Waals surface area contributed by atoms with Gasteiger partial charge >= 0.3 is 0 Å². The summed E-state index contributed by atoms with van der Waals surface area (Å²) < 4.78 is 0. The number of hydrogen-bond donors (Lipinski definition) is 2. The van der Waals surface area contributed by atoms with Gasteiger partial charge in [-0.2, -0.15) is 0 Å². The van der Waals surface area contributed by atoms with Crippen molar-refractivity contribution >= 4 is 11.8 Å². The molecular weight excluding hydrogens is 278 g/mol. The van der Waals surface area contributed by atoms with Crippen LogP contribution in [0.5, 0.6) is 0 Å². The van der Waals surface area contributed by atoms with E-state index >= 15 is 0 Å². The van der Waals surface area contributed by atoms with E-state index in [1.807, 2.05) is 4.90 Å². The van der Waals surface area contributed by atoms with Crippen molar-refractivity contribution in [2.24, 2.45) is 17.6 Å². The number of nitrogens with one attached hydrogen (secondary N) is 1. The second-order valence-electron chi connectivity index (χ2n) is 6.38. The fraction of sp³-hybridized carbons (Fsp3) is 0.882. The van der Waals surface area contributed by atoms with Crippen LogP contribution in [0.3, 0.4) is 0 Å². The van der Waals surface area contributed by atoms with Gasteiger partial charge in [-0.15, -0.1) is 0 Å². The van der Waals surface area contributed by atoms with Crippen molar-refractivity contribution in [3.63, 3.8) is 0 Å². The fourth-order valence-electron chi connectivity index (χ4n) is 3.08. The Bertz CT molecular complexity index is 347. The first-order chi connectivity index (χ1) is 10.6. The van der Waals surface area contributed by atoms with Crippen LogP contribution in [0.2, 0.25) is 0 Å². The number of carbonyl (C=O) groups is 2. The van der Waals surface area contributed by atoms with E-state index in [0.29, 0.717) is 32.0 Å². The summed E-state index contributed by atoms with van der Waals surface area (Å²) in [6.07, 6.45) is 6.97. The van der Waals surface area contributed by atoms with Crippen molar-refractivity contribution in [3.05, 3.63) is 0 Å². The summed E-state index contributed by atoms with van der Waals surface area (Å²) in [7, 11) is 0. The van der Waals surface area contributed by atoms with Crippen LogP contribution in [-0.2, 0) is 9.59 Å². The summed E-state index contributed by atoms with van der Waals surface area (Å²) in [6.45, 7) is 6.68. The van der Waals surface area contributed by atoms with E-state index in [2.05, 4.69) is 19.2 Å². The zero-order chi connectivity index (χ0) is 16.4. The molecular formula is C17H33N3O2. The lowest BCUT2D eigenvalue weighted by Gasteiger charge is -2.33. The van der Waals surface area contributed by atoms with Gasteiger partial charge in [0.2, 0.25) is 11.8 Å². The monoisotopic (exact) mass is 311 g/mol. The van der Waals surface area contributed by atoms with Gasteiger partial charge in [0.25, 0.3) is 0 Å². The molecule has 1 saturated heterocycles. The van der Waals surface area contributed by atoms with Crippen molar-refractivity contribution in [1.29, 1.82) is 0 Å². The first-order valence-electron chi connectivity index (χ1n) is 8.87. The van der Waals surface area contributed by atoms with E-state index in [1.165, 1.54) is 12.8 Å². The highest BCUT2D eigenvalue weighted by Crippen LogP contribution is 2.22. The van der Waals surface area contributed by atoms with Crippen LogP contribution in [-0.4, -0.2) is 42.9 Å². The Labute approximate surface area is 135 Å². The van der Waals surface area contributed by atoms with E-state index in [4.69, 9.17) is 5.73 Å². The number of hydrogen-bond acceptors (Lipinski definition) is 3. The van der Waals surface area contributed by atoms with Crippen molar-refractivity contribution in [1.82, 2.24) is 10.2 Å². The highest BCUT2D eigenvalue weighted by molar-refractivity contribution is 5.81. The molecule has 128 valence electrons. The van der Waals surface area contributed by atoms with Gasteiger partial charge in [-0.3, -0.25) is 9.59 Å². The molecule has 0 spiro atoms. The van der Waals surface area contributed by atoms with E-state index in [1.54, 1.807) is 0 Å². The summed E-state index contributed by atoms with van der Waals surface area (Å²) in [6, 6.07) is 0. The molecule has 0 saturated carbocycles. The number of piperidine rings is 1. The lowest BCUT2D eigenvalue weighted by Crippen LogP contribution is -2.46. The topological polar surface area (TPSA) is 75.4 Å². The summed E-state index contributed by atoms with van der Waals surface area (Å²) in [5, 5.41) is 2.84. The standard InChI is InChI=1S/C17H33N3O2/c1-3-5-7-14(4-2)12-16(21)20-11-6-8-15(13-20)17(22)19-10-9-18/h14-15H,3-13,18H2,1-2H3,(H,19,22). The van der Waals surface area contributed by atoms with E-state index in [9.17, 15) is 9.59 Å². The Kier molecular flexibility index (Phi) is 9.13. The van der Waals surface area contributed by atoms with Crippen LogP contribution in [0, 0.1) is 11.8 Å². The molecule has 0 aromatic rings. The molecule has 1 heterocycles. The van der Waals surface area contributed by atoms with E-state index in [0.717, 1.165) is 32.2 Å². The maximum absolute atomic E-state index is 12.5. The first kappa shape index (κ1) is 18.9. The average Bonchev–Trinajstić information content (AvgIpc) is 2.56. The molecule has 1 rings (SSSR count). The van der Waals surface area contributed by atoms with Crippen molar-refractivity contribution < 1.29 is 9.59 Å². The lowest BCUT2D eigenvalue weighted by molar-refractivity contribution is -0.136. The van der Waals surface area contributed by atoms with Gasteiger partial charge in [0.1, 0.15) is 0 Å². The molecule has 1 aliphatic heterocycles. The third-order valence-electron chi connectivity index (χ3n) is 4.60. The molecule has 0 bridgehead atoms. The van der Waals surface area contributed by atoms with Crippen molar-refractivity contribution in [3.8, 4) is 0 Å². The van der Waals surface area contributed by atoms with Crippen LogP contribution < -0.4 is 11.1 Å². The number of likely N-dealkylation sites (tertiary alicyclic amines) is 1. The van der Waals surface area contributed by atoms with Gasteiger partial charge < -0.3 is 16.0 Å². The van der Waals surface area contributed by atoms with Crippen LogP contribution in [0.1, 0.15) is 58.8 Å². The highest BCUT2D eigenvalue weighted by Gasteiger charge is 2.28. The number of unbranched alkanes of at least 4 members (excludes halogenated alkanes) is 1. The molecule has 0 radical (unpaired) electrons. The van der Waals surface area contributed by atoms with Gasteiger partial charge in [-0.05, 0) is 25.2 Å². The number of nitrogens with two attached hydrogens (primary N) is 1. The minimum atomic E-state index is -0.0695.